The van der Waals surface area contributed by atoms with Crippen LogP contribution in [0.5, 0.6) is 5.75 Å². The minimum Gasteiger partial charge on any atom is -0.491 e. The standard InChI is InChI=1S/C14H20FNO4S/c1-2-20-13-4-3-11(9-12(13)15)16-10-14(17)5-7-21(18,19)8-6-14/h3-4,9,16-17H,2,5-8,10H2,1H3. The highest BCUT2D eigenvalue weighted by atomic mass is 32.2. The highest BCUT2D eigenvalue weighted by Gasteiger charge is 2.35. The molecule has 0 aromatic heterocycles. The van der Waals surface area contributed by atoms with Crippen molar-refractivity contribution in [2.75, 3.05) is 30.0 Å². The van der Waals surface area contributed by atoms with Crippen LogP contribution in [0.2, 0.25) is 0 Å². The number of rotatable bonds is 5. The zero-order chi connectivity index (χ0) is 15.5. The van der Waals surface area contributed by atoms with Gasteiger partial charge in [0.05, 0.1) is 23.7 Å². The summed E-state index contributed by atoms with van der Waals surface area (Å²) in [4.78, 5) is 0. The van der Waals surface area contributed by atoms with Gasteiger partial charge >= 0.3 is 0 Å². The molecule has 0 aliphatic carbocycles. The van der Waals surface area contributed by atoms with Crippen molar-refractivity contribution >= 4 is 15.5 Å². The first-order chi connectivity index (χ1) is 9.84. The van der Waals surface area contributed by atoms with Gasteiger partial charge in [-0.1, -0.05) is 0 Å². The Balaban J connectivity index is 1.95. The molecule has 1 aliphatic rings. The molecule has 2 rings (SSSR count). The molecule has 0 bridgehead atoms. The number of hydrogen-bond donors (Lipinski definition) is 2. The van der Waals surface area contributed by atoms with Crippen LogP contribution < -0.4 is 10.1 Å². The lowest BCUT2D eigenvalue weighted by molar-refractivity contribution is 0.0436. The molecule has 7 heteroatoms. The largest absolute Gasteiger partial charge is 0.491 e. The number of nitrogens with one attached hydrogen (secondary N) is 1. The topological polar surface area (TPSA) is 75.6 Å². The Kier molecular flexibility index (Phi) is 4.73. The fraction of sp³-hybridized carbons (Fsp3) is 0.571. The van der Waals surface area contributed by atoms with E-state index in [4.69, 9.17) is 4.74 Å². The summed E-state index contributed by atoms with van der Waals surface area (Å²) in [6.45, 7) is 2.35. The van der Waals surface area contributed by atoms with Gasteiger partial charge < -0.3 is 15.2 Å². The fourth-order valence-corrected chi connectivity index (χ4v) is 3.83. The second-order valence-electron chi connectivity index (χ2n) is 5.31. The lowest BCUT2D eigenvalue weighted by atomic mass is 9.97. The van der Waals surface area contributed by atoms with E-state index in [9.17, 15) is 17.9 Å². The zero-order valence-corrected chi connectivity index (χ0v) is 12.7. The first-order valence-corrected chi connectivity index (χ1v) is 8.75. The van der Waals surface area contributed by atoms with E-state index >= 15 is 0 Å². The number of anilines is 1. The summed E-state index contributed by atoms with van der Waals surface area (Å²) in [7, 11) is -3.02. The van der Waals surface area contributed by atoms with E-state index in [1.54, 1.807) is 13.0 Å². The van der Waals surface area contributed by atoms with Crippen LogP contribution in [0.15, 0.2) is 18.2 Å². The average molecular weight is 317 g/mol. The molecular formula is C14H20FNO4S. The van der Waals surface area contributed by atoms with Gasteiger partial charge in [0.2, 0.25) is 0 Å². The number of sulfone groups is 1. The third-order valence-electron chi connectivity index (χ3n) is 3.61. The molecule has 1 fully saturated rings. The molecule has 1 heterocycles. The van der Waals surface area contributed by atoms with Crippen LogP contribution in [0.3, 0.4) is 0 Å². The van der Waals surface area contributed by atoms with Crippen LogP contribution >= 0.6 is 0 Å². The van der Waals surface area contributed by atoms with Crippen LogP contribution in [0, 0.1) is 5.82 Å². The summed E-state index contributed by atoms with van der Waals surface area (Å²) in [5.41, 5.74) is -0.543. The van der Waals surface area contributed by atoms with Crippen molar-refractivity contribution < 1.29 is 22.7 Å². The first kappa shape index (κ1) is 16.0. The minimum absolute atomic E-state index is 0.0111. The lowest BCUT2D eigenvalue weighted by Gasteiger charge is -2.32. The van der Waals surface area contributed by atoms with Gasteiger partial charge in [0, 0.05) is 18.3 Å². The van der Waals surface area contributed by atoms with E-state index < -0.39 is 21.3 Å². The second kappa shape index (κ2) is 6.19. The van der Waals surface area contributed by atoms with E-state index in [1.165, 1.54) is 12.1 Å². The highest BCUT2D eigenvalue weighted by molar-refractivity contribution is 7.91. The SMILES string of the molecule is CCOc1ccc(NCC2(O)CCS(=O)(=O)CC2)cc1F. The number of hydrogen-bond acceptors (Lipinski definition) is 5. The predicted molar refractivity (Wildman–Crippen MR) is 78.9 cm³/mol. The normalized spacial score (nSPS) is 20.0. The molecule has 0 spiro atoms. The molecule has 0 unspecified atom stereocenters. The molecule has 1 aliphatic heterocycles. The molecule has 21 heavy (non-hydrogen) atoms. The van der Waals surface area contributed by atoms with Gasteiger partial charge in [-0.3, -0.25) is 0 Å². The van der Waals surface area contributed by atoms with E-state index in [-0.39, 0.29) is 36.6 Å². The predicted octanol–water partition coefficient (Wildman–Crippen LogP) is 1.58. The third kappa shape index (κ3) is 4.31. The quantitative estimate of drug-likeness (QED) is 0.862. The third-order valence-corrected chi connectivity index (χ3v) is 5.26. The molecule has 118 valence electrons. The molecule has 0 amide bonds. The van der Waals surface area contributed by atoms with Crippen molar-refractivity contribution in [3.8, 4) is 5.75 Å². The fourth-order valence-electron chi connectivity index (χ4n) is 2.24. The van der Waals surface area contributed by atoms with Crippen molar-refractivity contribution in [1.29, 1.82) is 0 Å². The average Bonchev–Trinajstić information content (AvgIpc) is 2.44. The van der Waals surface area contributed by atoms with Crippen LogP contribution in [-0.4, -0.2) is 43.8 Å². The van der Waals surface area contributed by atoms with Crippen molar-refractivity contribution in [2.24, 2.45) is 0 Å². The van der Waals surface area contributed by atoms with Crippen molar-refractivity contribution in [3.05, 3.63) is 24.0 Å². The summed E-state index contributed by atoms with van der Waals surface area (Å²) in [5.74, 6) is -0.309. The maximum absolute atomic E-state index is 13.7. The van der Waals surface area contributed by atoms with Gasteiger partial charge in [-0.05, 0) is 31.9 Å². The van der Waals surface area contributed by atoms with Gasteiger partial charge in [0.1, 0.15) is 0 Å². The zero-order valence-electron chi connectivity index (χ0n) is 11.9. The van der Waals surface area contributed by atoms with Gasteiger partial charge in [-0.15, -0.1) is 0 Å². The number of aliphatic hydroxyl groups is 1. The Labute approximate surface area is 124 Å². The maximum atomic E-state index is 13.7. The first-order valence-electron chi connectivity index (χ1n) is 6.93. The molecule has 0 saturated carbocycles. The Morgan fingerprint density at radius 2 is 2.05 bits per heavy atom. The molecule has 5 nitrogen and oxygen atoms in total. The van der Waals surface area contributed by atoms with Gasteiger partial charge in [0.25, 0.3) is 0 Å². The summed E-state index contributed by atoms with van der Waals surface area (Å²) in [6, 6.07) is 4.49. The van der Waals surface area contributed by atoms with E-state index in [2.05, 4.69) is 5.32 Å². The molecule has 0 radical (unpaired) electrons. The van der Waals surface area contributed by atoms with E-state index in [0.717, 1.165) is 0 Å². The Bertz CT molecular complexity index is 589. The summed E-state index contributed by atoms with van der Waals surface area (Å²) in [6.07, 6.45) is 0.393. The maximum Gasteiger partial charge on any atom is 0.167 e. The molecule has 1 aromatic carbocycles. The summed E-state index contributed by atoms with van der Waals surface area (Å²) >= 11 is 0. The monoisotopic (exact) mass is 317 g/mol. The van der Waals surface area contributed by atoms with Gasteiger partial charge in [0.15, 0.2) is 21.4 Å². The number of halogens is 1. The van der Waals surface area contributed by atoms with Crippen LogP contribution in [0.4, 0.5) is 10.1 Å². The minimum atomic E-state index is -3.02. The Morgan fingerprint density at radius 1 is 1.38 bits per heavy atom. The Morgan fingerprint density at radius 3 is 2.62 bits per heavy atom. The van der Waals surface area contributed by atoms with Crippen LogP contribution in [-0.2, 0) is 9.84 Å². The van der Waals surface area contributed by atoms with Crippen molar-refractivity contribution in [3.63, 3.8) is 0 Å². The molecule has 1 aromatic rings. The van der Waals surface area contributed by atoms with E-state index in [0.29, 0.717) is 12.3 Å². The van der Waals surface area contributed by atoms with Crippen LogP contribution in [0.1, 0.15) is 19.8 Å². The molecular weight excluding hydrogens is 297 g/mol. The number of ether oxygens (including phenoxy) is 1. The molecule has 1 saturated heterocycles. The summed E-state index contributed by atoms with van der Waals surface area (Å²) in [5, 5.41) is 13.3. The Hall–Kier alpha value is -1.34. The van der Waals surface area contributed by atoms with E-state index in [1.807, 2.05) is 0 Å². The summed E-state index contributed by atoms with van der Waals surface area (Å²) < 4.78 is 41.5. The molecule has 0 atom stereocenters. The second-order valence-corrected chi connectivity index (χ2v) is 7.61. The lowest BCUT2D eigenvalue weighted by Crippen LogP contribution is -2.44. The van der Waals surface area contributed by atoms with Gasteiger partial charge in [-0.2, -0.15) is 0 Å². The number of benzene rings is 1. The molecule has 2 N–H and O–H groups in total. The van der Waals surface area contributed by atoms with Crippen molar-refractivity contribution in [1.82, 2.24) is 0 Å². The van der Waals surface area contributed by atoms with Gasteiger partial charge in [-0.25, -0.2) is 12.8 Å². The van der Waals surface area contributed by atoms with Crippen molar-refractivity contribution in [2.45, 2.75) is 25.4 Å². The smallest absolute Gasteiger partial charge is 0.167 e. The van der Waals surface area contributed by atoms with Crippen LogP contribution in [0.25, 0.3) is 0 Å². The highest BCUT2D eigenvalue weighted by Crippen LogP contribution is 2.26.